The number of aryl methyl sites for hydroxylation is 1. The van der Waals surface area contributed by atoms with E-state index in [1.165, 1.54) is 13.2 Å². The fourth-order valence-electron chi connectivity index (χ4n) is 1.22. The highest BCUT2D eigenvalue weighted by molar-refractivity contribution is 14.1. The van der Waals surface area contributed by atoms with Crippen molar-refractivity contribution >= 4 is 34.2 Å². The van der Waals surface area contributed by atoms with Gasteiger partial charge >= 0.3 is 0 Å². The summed E-state index contributed by atoms with van der Waals surface area (Å²) in [6.07, 6.45) is 0.222. The van der Waals surface area contributed by atoms with E-state index < -0.39 is 5.82 Å². The number of benzene rings is 1. The molecule has 0 bridgehead atoms. The summed E-state index contributed by atoms with van der Waals surface area (Å²) in [5, 5.41) is 2.54. The Balaban J connectivity index is 2.77. The Kier molecular flexibility index (Phi) is 5.14. The Bertz CT molecular complexity index is 373. The second kappa shape index (κ2) is 6.15. The number of carbonyl (C=O) groups is 1. The SMILES string of the molecule is COCCC(=O)Nc1c(F)cc(C)cc1I. The fraction of sp³-hybridized carbons (Fsp3) is 0.364. The molecule has 0 radical (unpaired) electrons. The molecule has 1 aromatic rings. The minimum Gasteiger partial charge on any atom is -0.384 e. The van der Waals surface area contributed by atoms with E-state index >= 15 is 0 Å². The molecule has 0 aromatic heterocycles. The summed E-state index contributed by atoms with van der Waals surface area (Å²) in [6, 6.07) is 3.21. The Morgan fingerprint density at radius 1 is 1.56 bits per heavy atom. The molecule has 1 aromatic carbocycles. The number of amides is 1. The molecule has 0 aliphatic carbocycles. The van der Waals surface area contributed by atoms with Crippen molar-refractivity contribution in [3.05, 3.63) is 27.1 Å². The molecule has 0 spiro atoms. The van der Waals surface area contributed by atoms with Crippen LogP contribution in [0.5, 0.6) is 0 Å². The number of nitrogens with one attached hydrogen (secondary N) is 1. The highest BCUT2D eigenvalue weighted by atomic mass is 127. The molecule has 1 rings (SSSR count). The summed E-state index contributed by atoms with van der Waals surface area (Å²) in [6.45, 7) is 2.14. The summed E-state index contributed by atoms with van der Waals surface area (Å²) >= 11 is 2.00. The maximum Gasteiger partial charge on any atom is 0.226 e. The lowest BCUT2D eigenvalue weighted by atomic mass is 10.2. The molecule has 3 nitrogen and oxygen atoms in total. The van der Waals surface area contributed by atoms with E-state index in [2.05, 4.69) is 5.32 Å². The predicted octanol–water partition coefficient (Wildman–Crippen LogP) is 2.71. The third-order valence-corrected chi connectivity index (χ3v) is 2.83. The summed E-state index contributed by atoms with van der Waals surface area (Å²) in [4.78, 5) is 11.4. The van der Waals surface area contributed by atoms with Crippen molar-refractivity contribution in [3.8, 4) is 0 Å². The second-order valence-electron chi connectivity index (χ2n) is 3.39. The van der Waals surface area contributed by atoms with Crippen LogP contribution < -0.4 is 5.32 Å². The van der Waals surface area contributed by atoms with Gasteiger partial charge in [0.1, 0.15) is 5.82 Å². The summed E-state index contributed by atoms with van der Waals surface area (Å²) in [5.74, 6) is -0.655. The van der Waals surface area contributed by atoms with Crippen LogP contribution in [0, 0.1) is 16.3 Å². The number of methoxy groups -OCH3 is 1. The first kappa shape index (κ1) is 13.4. The van der Waals surface area contributed by atoms with Crippen molar-refractivity contribution in [3.63, 3.8) is 0 Å². The van der Waals surface area contributed by atoms with Gasteiger partial charge in [-0.2, -0.15) is 0 Å². The third-order valence-electron chi connectivity index (χ3n) is 1.98. The molecule has 0 aliphatic heterocycles. The Morgan fingerprint density at radius 2 is 2.25 bits per heavy atom. The highest BCUT2D eigenvalue weighted by Gasteiger charge is 2.11. The van der Waals surface area contributed by atoms with Crippen LogP contribution in [0.3, 0.4) is 0 Å². The first-order valence-electron chi connectivity index (χ1n) is 4.79. The van der Waals surface area contributed by atoms with E-state index in [0.29, 0.717) is 10.2 Å². The van der Waals surface area contributed by atoms with E-state index in [4.69, 9.17) is 4.74 Å². The van der Waals surface area contributed by atoms with Gasteiger partial charge in [-0.15, -0.1) is 0 Å². The van der Waals surface area contributed by atoms with Crippen LogP contribution in [0.4, 0.5) is 10.1 Å². The minimum atomic E-state index is -0.407. The summed E-state index contributed by atoms with van der Waals surface area (Å²) < 4.78 is 19.0. The smallest absolute Gasteiger partial charge is 0.226 e. The maximum atomic E-state index is 13.5. The van der Waals surface area contributed by atoms with Crippen LogP contribution in [0.2, 0.25) is 0 Å². The van der Waals surface area contributed by atoms with Gasteiger partial charge in [0.05, 0.1) is 18.7 Å². The number of ether oxygens (including phenoxy) is 1. The number of hydrogen-bond donors (Lipinski definition) is 1. The zero-order valence-electron chi connectivity index (χ0n) is 9.14. The van der Waals surface area contributed by atoms with Gasteiger partial charge < -0.3 is 10.1 Å². The van der Waals surface area contributed by atoms with Gasteiger partial charge in [0, 0.05) is 10.7 Å². The van der Waals surface area contributed by atoms with Gasteiger partial charge in [-0.25, -0.2) is 4.39 Å². The molecule has 0 saturated carbocycles. The van der Waals surface area contributed by atoms with Crippen LogP contribution in [0.1, 0.15) is 12.0 Å². The fourth-order valence-corrected chi connectivity index (χ4v) is 2.10. The largest absolute Gasteiger partial charge is 0.384 e. The van der Waals surface area contributed by atoms with Gasteiger partial charge in [-0.1, -0.05) is 0 Å². The van der Waals surface area contributed by atoms with Gasteiger partial charge in [0.2, 0.25) is 5.91 Å². The van der Waals surface area contributed by atoms with E-state index in [-0.39, 0.29) is 18.0 Å². The summed E-state index contributed by atoms with van der Waals surface area (Å²) in [7, 11) is 1.52. The molecular weight excluding hydrogens is 324 g/mol. The molecule has 0 aliphatic rings. The zero-order valence-corrected chi connectivity index (χ0v) is 11.3. The Labute approximate surface area is 108 Å². The number of halogens is 2. The van der Waals surface area contributed by atoms with Crippen molar-refractivity contribution in [2.75, 3.05) is 19.0 Å². The van der Waals surface area contributed by atoms with E-state index in [1.807, 2.05) is 35.6 Å². The Hall–Kier alpha value is -0.690. The number of hydrogen-bond acceptors (Lipinski definition) is 2. The van der Waals surface area contributed by atoms with Crippen LogP contribution in [0.15, 0.2) is 12.1 Å². The van der Waals surface area contributed by atoms with Crippen LogP contribution in [-0.2, 0) is 9.53 Å². The molecule has 0 atom stereocenters. The van der Waals surface area contributed by atoms with E-state index in [1.54, 1.807) is 0 Å². The second-order valence-corrected chi connectivity index (χ2v) is 4.56. The van der Waals surface area contributed by atoms with Crippen LogP contribution >= 0.6 is 22.6 Å². The van der Waals surface area contributed by atoms with Crippen molar-refractivity contribution in [1.82, 2.24) is 0 Å². The monoisotopic (exact) mass is 337 g/mol. The topological polar surface area (TPSA) is 38.3 Å². The number of carbonyl (C=O) groups excluding carboxylic acids is 1. The normalized spacial score (nSPS) is 10.2. The van der Waals surface area contributed by atoms with Crippen LogP contribution in [-0.4, -0.2) is 19.6 Å². The lowest BCUT2D eigenvalue weighted by Crippen LogP contribution is -2.15. The minimum absolute atomic E-state index is 0.222. The molecular formula is C11H13FINO2. The molecule has 0 saturated heterocycles. The number of anilines is 1. The third kappa shape index (κ3) is 3.71. The van der Waals surface area contributed by atoms with Gasteiger partial charge in [0.15, 0.2) is 0 Å². The zero-order chi connectivity index (χ0) is 12.1. The van der Waals surface area contributed by atoms with Crippen LogP contribution in [0.25, 0.3) is 0 Å². The first-order valence-corrected chi connectivity index (χ1v) is 5.87. The molecule has 1 amide bonds. The standard InChI is InChI=1S/C11H13FINO2/c1-7-5-8(12)11(9(13)6-7)14-10(15)3-4-16-2/h5-6H,3-4H2,1-2H3,(H,14,15). The van der Waals surface area contributed by atoms with Gasteiger partial charge in [-0.05, 0) is 47.2 Å². The van der Waals surface area contributed by atoms with Gasteiger partial charge in [-0.3, -0.25) is 4.79 Å². The van der Waals surface area contributed by atoms with Crippen molar-refractivity contribution in [2.45, 2.75) is 13.3 Å². The molecule has 5 heteroatoms. The molecule has 0 fully saturated rings. The van der Waals surface area contributed by atoms with Gasteiger partial charge in [0.25, 0.3) is 0 Å². The highest BCUT2D eigenvalue weighted by Crippen LogP contribution is 2.23. The molecule has 0 heterocycles. The maximum absolute atomic E-state index is 13.5. The van der Waals surface area contributed by atoms with E-state index in [9.17, 15) is 9.18 Å². The van der Waals surface area contributed by atoms with Crippen molar-refractivity contribution in [2.24, 2.45) is 0 Å². The summed E-state index contributed by atoms with van der Waals surface area (Å²) in [5.41, 5.74) is 1.07. The number of rotatable bonds is 4. The van der Waals surface area contributed by atoms with Crippen molar-refractivity contribution < 1.29 is 13.9 Å². The average molecular weight is 337 g/mol. The lowest BCUT2D eigenvalue weighted by Gasteiger charge is -2.09. The molecule has 0 unspecified atom stereocenters. The predicted molar refractivity (Wildman–Crippen MR) is 69.0 cm³/mol. The average Bonchev–Trinajstić information content (AvgIpc) is 2.20. The molecule has 88 valence electrons. The molecule has 16 heavy (non-hydrogen) atoms. The Morgan fingerprint density at radius 3 is 2.81 bits per heavy atom. The van der Waals surface area contributed by atoms with E-state index in [0.717, 1.165) is 5.56 Å². The quantitative estimate of drug-likeness (QED) is 0.858. The molecule has 1 N–H and O–H groups in total. The first-order chi connectivity index (χ1) is 7.54. The van der Waals surface area contributed by atoms with Crippen molar-refractivity contribution in [1.29, 1.82) is 0 Å². The lowest BCUT2D eigenvalue weighted by molar-refractivity contribution is -0.117.